The quantitative estimate of drug-likeness (QED) is 0.453. The molecule has 0 bridgehead atoms. The van der Waals surface area contributed by atoms with E-state index in [9.17, 15) is 4.79 Å². The summed E-state index contributed by atoms with van der Waals surface area (Å²) in [6.07, 6.45) is 1.54. The van der Waals surface area contributed by atoms with Gasteiger partial charge in [-0.15, -0.1) is 0 Å². The second kappa shape index (κ2) is 9.94. The van der Waals surface area contributed by atoms with Gasteiger partial charge in [0.2, 0.25) is 0 Å². The molecule has 6 nitrogen and oxygen atoms in total. The van der Waals surface area contributed by atoms with Crippen LogP contribution in [0.3, 0.4) is 0 Å². The molecule has 0 aromatic heterocycles. The van der Waals surface area contributed by atoms with E-state index >= 15 is 0 Å². The topological polar surface area (TPSA) is 72.0 Å². The summed E-state index contributed by atoms with van der Waals surface area (Å²) in [5.74, 6) is 1.23. The number of rotatable bonds is 7. The molecule has 0 aliphatic rings. The fourth-order valence-electron chi connectivity index (χ4n) is 2.65. The highest BCUT2D eigenvalue weighted by molar-refractivity contribution is 5.91. The number of urea groups is 1. The van der Waals surface area contributed by atoms with E-state index < -0.39 is 6.03 Å². The number of hydrogen-bond acceptors (Lipinski definition) is 4. The van der Waals surface area contributed by atoms with Gasteiger partial charge in [0.1, 0.15) is 6.61 Å². The van der Waals surface area contributed by atoms with E-state index in [-0.39, 0.29) is 0 Å². The molecule has 3 aromatic carbocycles. The van der Waals surface area contributed by atoms with E-state index in [0.717, 1.165) is 22.4 Å². The third-order valence-electron chi connectivity index (χ3n) is 4.20. The second-order valence-corrected chi connectivity index (χ2v) is 6.32. The lowest BCUT2D eigenvalue weighted by molar-refractivity contribution is 0.252. The van der Waals surface area contributed by atoms with Crippen LogP contribution in [-0.2, 0) is 6.61 Å². The summed E-state index contributed by atoms with van der Waals surface area (Å²) in [5.41, 5.74) is 6.01. The van der Waals surface area contributed by atoms with Crippen LogP contribution in [0.4, 0.5) is 10.5 Å². The minimum atomic E-state index is -0.412. The Morgan fingerprint density at radius 2 is 1.76 bits per heavy atom. The van der Waals surface area contributed by atoms with Gasteiger partial charge in [-0.2, -0.15) is 5.10 Å². The molecule has 29 heavy (non-hydrogen) atoms. The fourth-order valence-corrected chi connectivity index (χ4v) is 2.65. The van der Waals surface area contributed by atoms with Crippen LogP contribution in [0.25, 0.3) is 0 Å². The summed E-state index contributed by atoms with van der Waals surface area (Å²) in [5, 5.41) is 6.73. The van der Waals surface area contributed by atoms with Gasteiger partial charge in [0, 0.05) is 5.69 Å². The monoisotopic (exact) mass is 389 g/mol. The second-order valence-electron chi connectivity index (χ2n) is 6.32. The first kappa shape index (κ1) is 19.9. The summed E-state index contributed by atoms with van der Waals surface area (Å²) in [7, 11) is 1.58. The number of methoxy groups -OCH3 is 1. The number of aryl methyl sites for hydroxylation is 1. The Balaban J connectivity index is 1.57. The number of hydrogen-bond donors (Lipinski definition) is 2. The Kier molecular flexibility index (Phi) is 6.84. The number of nitrogens with one attached hydrogen (secondary N) is 2. The first-order chi connectivity index (χ1) is 14.2. The van der Waals surface area contributed by atoms with Crippen LogP contribution in [0.2, 0.25) is 0 Å². The largest absolute Gasteiger partial charge is 0.493 e. The molecular weight excluding hydrogens is 366 g/mol. The minimum Gasteiger partial charge on any atom is -0.493 e. The normalized spacial score (nSPS) is 10.6. The maximum Gasteiger partial charge on any atom is 0.339 e. The zero-order chi connectivity index (χ0) is 20.5. The van der Waals surface area contributed by atoms with Gasteiger partial charge in [0.25, 0.3) is 0 Å². The van der Waals surface area contributed by atoms with Crippen LogP contribution in [0.1, 0.15) is 16.7 Å². The summed E-state index contributed by atoms with van der Waals surface area (Å²) >= 11 is 0. The average Bonchev–Trinajstić information content (AvgIpc) is 2.75. The smallest absolute Gasteiger partial charge is 0.339 e. The van der Waals surface area contributed by atoms with Gasteiger partial charge in [0.05, 0.1) is 13.3 Å². The molecule has 2 amide bonds. The van der Waals surface area contributed by atoms with Crippen LogP contribution in [-0.4, -0.2) is 19.4 Å². The van der Waals surface area contributed by atoms with Crippen molar-refractivity contribution in [1.29, 1.82) is 0 Å². The summed E-state index contributed by atoms with van der Waals surface area (Å²) < 4.78 is 11.2. The first-order valence-corrected chi connectivity index (χ1v) is 9.16. The zero-order valence-corrected chi connectivity index (χ0v) is 16.4. The Morgan fingerprint density at radius 1 is 1.00 bits per heavy atom. The molecule has 3 rings (SSSR count). The standard InChI is InChI=1S/C23H23N3O3/c1-17-8-6-7-11-20(17)25-23(27)26-24-15-19-12-13-21(22(14-19)28-2)29-16-18-9-4-3-5-10-18/h3-15H,16H2,1-2H3,(H2,25,26,27)/b24-15-. The Hall–Kier alpha value is -3.80. The van der Waals surface area contributed by atoms with Crippen molar-refractivity contribution >= 4 is 17.9 Å². The van der Waals surface area contributed by atoms with Gasteiger partial charge in [-0.25, -0.2) is 10.2 Å². The van der Waals surface area contributed by atoms with Crippen LogP contribution in [0, 0.1) is 6.92 Å². The van der Waals surface area contributed by atoms with Gasteiger partial charge >= 0.3 is 6.03 Å². The lowest BCUT2D eigenvalue weighted by Gasteiger charge is -2.11. The number of carbonyl (C=O) groups is 1. The Morgan fingerprint density at radius 3 is 2.52 bits per heavy atom. The van der Waals surface area contributed by atoms with Crippen molar-refractivity contribution < 1.29 is 14.3 Å². The Labute approximate surface area is 170 Å². The van der Waals surface area contributed by atoms with Gasteiger partial charge in [-0.05, 0) is 47.9 Å². The van der Waals surface area contributed by atoms with Crippen LogP contribution >= 0.6 is 0 Å². The third-order valence-corrected chi connectivity index (χ3v) is 4.20. The van der Waals surface area contributed by atoms with E-state index in [2.05, 4.69) is 15.8 Å². The predicted molar refractivity (Wildman–Crippen MR) is 115 cm³/mol. The molecule has 0 unspecified atom stereocenters. The average molecular weight is 389 g/mol. The van der Waals surface area contributed by atoms with E-state index in [0.29, 0.717) is 18.1 Å². The number of para-hydroxylation sites is 1. The van der Waals surface area contributed by atoms with Gasteiger partial charge in [-0.1, -0.05) is 48.5 Å². The van der Waals surface area contributed by atoms with Crippen molar-refractivity contribution in [2.24, 2.45) is 5.10 Å². The molecule has 0 spiro atoms. The molecule has 148 valence electrons. The predicted octanol–water partition coefficient (Wildman–Crippen LogP) is 4.74. The Bertz CT molecular complexity index is 988. The first-order valence-electron chi connectivity index (χ1n) is 9.16. The van der Waals surface area contributed by atoms with Crippen molar-refractivity contribution in [3.63, 3.8) is 0 Å². The molecule has 0 atom stereocenters. The number of anilines is 1. The van der Waals surface area contributed by atoms with E-state index in [1.807, 2.05) is 73.7 Å². The summed E-state index contributed by atoms with van der Waals surface area (Å²) in [4.78, 5) is 12.0. The number of ether oxygens (including phenoxy) is 2. The van der Waals surface area contributed by atoms with Crippen molar-refractivity contribution in [3.05, 3.63) is 89.5 Å². The van der Waals surface area contributed by atoms with Crippen molar-refractivity contribution in [3.8, 4) is 11.5 Å². The van der Waals surface area contributed by atoms with Crippen molar-refractivity contribution in [1.82, 2.24) is 5.43 Å². The molecular formula is C23H23N3O3. The van der Waals surface area contributed by atoms with E-state index in [4.69, 9.17) is 9.47 Å². The molecule has 0 aliphatic carbocycles. The van der Waals surface area contributed by atoms with Crippen LogP contribution in [0.5, 0.6) is 11.5 Å². The van der Waals surface area contributed by atoms with Gasteiger partial charge in [-0.3, -0.25) is 0 Å². The van der Waals surface area contributed by atoms with Crippen molar-refractivity contribution in [2.75, 3.05) is 12.4 Å². The number of nitrogens with zero attached hydrogens (tertiary/aromatic N) is 1. The fraction of sp³-hybridized carbons (Fsp3) is 0.130. The highest BCUT2D eigenvalue weighted by atomic mass is 16.5. The highest BCUT2D eigenvalue weighted by Gasteiger charge is 2.06. The molecule has 0 radical (unpaired) electrons. The number of hydrazone groups is 1. The maximum atomic E-state index is 12.0. The van der Waals surface area contributed by atoms with Crippen molar-refractivity contribution in [2.45, 2.75) is 13.5 Å². The molecule has 6 heteroatoms. The zero-order valence-electron chi connectivity index (χ0n) is 16.4. The molecule has 0 heterocycles. The summed E-state index contributed by atoms with van der Waals surface area (Å²) in [6, 6.07) is 22.5. The minimum absolute atomic E-state index is 0.412. The number of carbonyl (C=O) groups excluding carboxylic acids is 1. The lowest BCUT2D eigenvalue weighted by Crippen LogP contribution is -2.24. The van der Waals surface area contributed by atoms with Crippen LogP contribution in [0.15, 0.2) is 77.9 Å². The molecule has 0 saturated carbocycles. The lowest BCUT2D eigenvalue weighted by atomic mass is 10.2. The molecule has 0 aliphatic heterocycles. The van der Waals surface area contributed by atoms with Gasteiger partial charge in [0.15, 0.2) is 11.5 Å². The van der Waals surface area contributed by atoms with E-state index in [1.165, 1.54) is 0 Å². The number of benzene rings is 3. The third kappa shape index (κ3) is 5.84. The SMILES string of the molecule is COc1cc(/C=N\NC(=O)Nc2ccccc2C)ccc1OCc1ccccc1. The highest BCUT2D eigenvalue weighted by Crippen LogP contribution is 2.28. The van der Waals surface area contributed by atoms with Gasteiger partial charge < -0.3 is 14.8 Å². The molecule has 3 aromatic rings. The molecule has 0 saturated heterocycles. The van der Waals surface area contributed by atoms with E-state index in [1.54, 1.807) is 19.4 Å². The summed E-state index contributed by atoms with van der Waals surface area (Å²) in [6.45, 7) is 2.37. The van der Waals surface area contributed by atoms with Crippen LogP contribution < -0.4 is 20.2 Å². The maximum absolute atomic E-state index is 12.0. The molecule has 2 N–H and O–H groups in total. The number of amides is 2. The molecule has 0 fully saturated rings.